The number of benzene rings is 2. The molecule has 0 unspecified atom stereocenters. The average molecular weight is 491 g/mol. The van der Waals surface area contributed by atoms with Crippen LogP contribution in [0.1, 0.15) is 23.7 Å². The summed E-state index contributed by atoms with van der Waals surface area (Å²) in [4.78, 5) is 21.7. The molecule has 0 aliphatic carbocycles. The number of ether oxygens (including phenoxy) is 4. The van der Waals surface area contributed by atoms with Crippen LogP contribution in [0.25, 0.3) is 0 Å². The van der Waals surface area contributed by atoms with Gasteiger partial charge in [0.1, 0.15) is 18.1 Å². The van der Waals surface area contributed by atoms with Crippen LogP contribution >= 0.6 is 0 Å². The van der Waals surface area contributed by atoms with Gasteiger partial charge in [0.05, 0.1) is 26.0 Å². The third-order valence-corrected chi connectivity index (χ3v) is 5.75. The van der Waals surface area contributed by atoms with E-state index in [2.05, 4.69) is 10.1 Å². The second-order valence-corrected chi connectivity index (χ2v) is 8.48. The minimum Gasteiger partial charge on any atom is -0.490 e. The first-order valence-electron chi connectivity index (χ1n) is 11.8. The van der Waals surface area contributed by atoms with Gasteiger partial charge in [-0.25, -0.2) is 4.79 Å². The third-order valence-electron chi connectivity index (χ3n) is 5.75. The zero-order valence-corrected chi connectivity index (χ0v) is 20.5. The van der Waals surface area contributed by atoms with Gasteiger partial charge in [-0.3, -0.25) is 4.98 Å². The standard InChI is InChI=1S/C28H30N2O6/c1-28(27(31)32-2)34-19-22(20-35-28)18-21-11-13-24(14-12-21)33-16-17-36-30-26(23-8-4-3-5-9-23)25-10-6-7-15-29-25/h3-15,22H,16-20H2,1-2H3/t22-,28+. The van der Waals surface area contributed by atoms with E-state index in [9.17, 15) is 4.79 Å². The molecule has 2 heterocycles. The predicted molar refractivity (Wildman–Crippen MR) is 134 cm³/mol. The van der Waals surface area contributed by atoms with Crippen LogP contribution in [-0.2, 0) is 30.3 Å². The Morgan fingerprint density at radius 1 is 1.00 bits per heavy atom. The van der Waals surface area contributed by atoms with Gasteiger partial charge >= 0.3 is 5.97 Å². The maximum atomic E-state index is 11.8. The molecule has 3 aromatic rings. The van der Waals surface area contributed by atoms with Crippen LogP contribution in [0.2, 0.25) is 0 Å². The quantitative estimate of drug-likeness (QED) is 0.184. The van der Waals surface area contributed by atoms with E-state index in [-0.39, 0.29) is 5.92 Å². The van der Waals surface area contributed by atoms with Gasteiger partial charge in [0, 0.05) is 24.6 Å². The molecule has 1 saturated heterocycles. The normalized spacial score (nSPS) is 19.9. The number of methoxy groups -OCH3 is 1. The van der Waals surface area contributed by atoms with Gasteiger partial charge < -0.3 is 23.8 Å². The fraction of sp³-hybridized carbons (Fsp3) is 0.321. The van der Waals surface area contributed by atoms with E-state index >= 15 is 0 Å². The summed E-state index contributed by atoms with van der Waals surface area (Å²) in [6.07, 6.45) is 2.50. The molecule has 0 atom stereocenters. The van der Waals surface area contributed by atoms with Crippen LogP contribution in [0.5, 0.6) is 5.75 Å². The summed E-state index contributed by atoms with van der Waals surface area (Å²) in [5, 5.41) is 4.32. The topological polar surface area (TPSA) is 88.5 Å². The van der Waals surface area contributed by atoms with E-state index < -0.39 is 11.8 Å². The van der Waals surface area contributed by atoms with Crippen molar-refractivity contribution in [1.82, 2.24) is 4.98 Å². The van der Waals surface area contributed by atoms with Crippen molar-refractivity contribution in [3.63, 3.8) is 0 Å². The zero-order valence-electron chi connectivity index (χ0n) is 20.5. The van der Waals surface area contributed by atoms with Gasteiger partial charge in [0.2, 0.25) is 0 Å². The molecular weight excluding hydrogens is 460 g/mol. The van der Waals surface area contributed by atoms with Gasteiger partial charge in [-0.05, 0) is 36.2 Å². The molecule has 36 heavy (non-hydrogen) atoms. The highest BCUT2D eigenvalue weighted by Gasteiger charge is 2.41. The molecule has 1 aliphatic heterocycles. The van der Waals surface area contributed by atoms with E-state index in [0.29, 0.717) is 32.1 Å². The summed E-state index contributed by atoms with van der Waals surface area (Å²) in [7, 11) is 1.32. The molecule has 0 saturated carbocycles. The first-order chi connectivity index (χ1) is 17.6. The van der Waals surface area contributed by atoms with E-state index in [0.717, 1.165) is 29.0 Å². The van der Waals surface area contributed by atoms with Crippen LogP contribution in [0.3, 0.4) is 0 Å². The zero-order chi connectivity index (χ0) is 25.2. The number of nitrogens with zero attached hydrogens (tertiary/aromatic N) is 2. The van der Waals surface area contributed by atoms with Gasteiger partial charge in [-0.1, -0.05) is 53.7 Å². The SMILES string of the molecule is COC(=O)[C@]1(C)OC[C@H](Cc2ccc(OCCON=C(c3ccccc3)c3ccccn3)cc2)CO1. The third kappa shape index (κ3) is 6.68. The number of hydrogen-bond acceptors (Lipinski definition) is 8. The Balaban J connectivity index is 1.24. The van der Waals surface area contributed by atoms with Gasteiger partial charge in [0.15, 0.2) is 6.61 Å². The van der Waals surface area contributed by atoms with Crippen LogP contribution < -0.4 is 4.74 Å². The van der Waals surface area contributed by atoms with Gasteiger partial charge in [0.25, 0.3) is 5.79 Å². The summed E-state index contributed by atoms with van der Waals surface area (Å²) in [6, 6.07) is 23.3. The molecule has 4 rings (SSSR count). The smallest absolute Gasteiger partial charge is 0.366 e. The summed E-state index contributed by atoms with van der Waals surface area (Å²) in [6.45, 7) is 3.07. The summed E-state index contributed by atoms with van der Waals surface area (Å²) in [5.41, 5.74) is 3.47. The molecule has 1 aromatic heterocycles. The van der Waals surface area contributed by atoms with Crippen molar-refractivity contribution in [3.05, 3.63) is 95.8 Å². The first-order valence-corrected chi connectivity index (χ1v) is 11.8. The Morgan fingerprint density at radius 3 is 2.39 bits per heavy atom. The summed E-state index contributed by atoms with van der Waals surface area (Å²) >= 11 is 0. The van der Waals surface area contributed by atoms with Crippen LogP contribution in [0.4, 0.5) is 0 Å². The lowest BCUT2D eigenvalue weighted by atomic mass is 9.99. The maximum absolute atomic E-state index is 11.8. The Hall–Kier alpha value is -3.75. The molecule has 0 spiro atoms. The lowest BCUT2D eigenvalue weighted by Crippen LogP contribution is -2.48. The fourth-order valence-electron chi connectivity index (χ4n) is 3.77. The van der Waals surface area contributed by atoms with Crippen molar-refractivity contribution in [2.75, 3.05) is 33.5 Å². The first kappa shape index (κ1) is 25.3. The van der Waals surface area contributed by atoms with Crippen molar-refractivity contribution in [2.45, 2.75) is 19.1 Å². The largest absolute Gasteiger partial charge is 0.490 e. The molecule has 0 radical (unpaired) electrons. The highest BCUT2D eigenvalue weighted by atomic mass is 16.7. The Kier molecular flexibility index (Phi) is 8.65. The van der Waals surface area contributed by atoms with Crippen LogP contribution in [-0.4, -0.2) is 56.0 Å². The molecule has 2 aromatic carbocycles. The van der Waals surface area contributed by atoms with Gasteiger partial charge in [-0.2, -0.15) is 0 Å². The number of aromatic nitrogens is 1. The molecule has 0 bridgehead atoms. The Bertz CT molecular complexity index is 1090. The van der Waals surface area contributed by atoms with Crippen molar-refractivity contribution in [2.24, 2.45) is 11.1 Å². The lowest BCUT2D eigenvalue weighted by molar-refractivity contribution is -0.272. The maximum Gasteiger partial charge on any atom is 0.366 e. The number of rotatable bonds is 10. The highest BCUT2D eigenvalue weighted by Crippen LogP contribution is 2.25. The molecule has 1 aliphatic rings. The molecule has 8 heteroatoms. The predicted octanol–water partition coefficient (Wildman–Crippen LogP) is 4.02. The molecule has 0 N–H and O–H groups in total. The number of pyridine rings is 1. The second-order valence-electron chi connectivity index (χ2n) is 8.48. The number of hydrogen-bond donors (Lipinski definition) is 0. The monoisotopic (exact) mass is 490 g/mol. The van der Waals surface area contributed by atoms with E-state index in [4.69, 9.17) is 23.8 Å². The van der Waals surface area contributed by atoms with Crippen LogP contribution in [0, 0.1) is 5.92 Å². The van der Waals surface area contributed by atoms with E-state index in [1.807, 2.05) is 72.8 Å². The average Bonchev–Trinajstić information content (AvgIpc) is 2.93. The minimum atomic E-state index is -1.32. The van der Waals surface area contributed by atoms with Crippen molar-refractivity contribution in [1.29, 1.82) is 0 Å². The second kappa shape index (κ2) is 12.3. The molecule has 188 valence electrons. The van der Waals surface area contributed by atoms with Gasteiger partial charge in [-0.15, -0.1) is 0 Å². The number of carbonyl (C=O) groups is 1. The molecule has 8 nitrogen and oxygen atoms in total. The fourth-order valence-corrected chi connectivity index (χ4v) is 3.77. The van der Waals surface area contributed by atoms with Crippen LogP contribution in [0.15, 0.2) is 84.1 Å². The van der Waals surface area contributed by atoms with Crippen molar-refractivity contribution in [3.8, 4) is 5.75 Å². The molecule has 1 fully saturated rings. The molecule has 0 amide bonds. The number of oxime groups is 1. The lowest BCUT2D eigenvalue weighted by Gasteiger charge is -2.35. The summed E-state index contributed by atoms with van der Waals surface area (Å²) in [5.74, 6) is -0.952. The van der Waals surface area contributed by atoms with Crippen molar-refractivity contribution >= 4 is 11.7 Å². The van der Waals surface area contributed by atoms with E-state index in [1.165, 1.54) is 7.11 Å². The molecular formula is C28H30N2O6. The Morgan fingerprint density at radius 2 is 1.72 bits per heavy atom. The Labute approximate surface area is 210 Å². The van der Waals surface area contributed by atoms with E-state index in [1.54, 1.807) is 13.1 Å². The summed E-state index contributed by atoms with van der Waals surface area (Å²) < 4.78 is 21.8. The minimum absolute atomic E-state index is 0.152. The number of carbonyl (C=O) groups excluding carboxylic acids is 1. The highest BCUT2D eigenvalue weighted by molar-refractivity contribution is 6.11. The number of esters is 1. The van der Waals surface area contributed by atoms with Crippen molar-refractivity contribution < 1.29 is 28.6 Å².